The second-order valence-electron chi connectivity index (χ2n) is 8.82. The maximum atomic E-state index is 12.6. The molecule has 4 rings (SSSR count). The summed E-state index contributed by atoms with van der Waals surface area (Å²) in [5.74, 6) is -0.303. The average Bonchev–Trinajstić information content (AvgIpc) is 2.33. The molecule has 4 fully saturated rings. The minimum Gasteiger partial charge on any atom is -0.459 e. The molecule has 4 aliphatic rings. The monoisotopic (exact) mass is 324 g/mol. The van der Waals surface area contributed by atoms with E-state index in [1.54, 1.807) is 0 Å². The van der Waals surface area contributed by atoms with Crippen LogP contribution in [-0.2, 0) is 19.1 Å². The minimum absolute atomic E-state index is 0.219. The fourth-order valence-electron chi connectivity index (χ4n) is 5.22. The lowest BCUT2D eigenvalue weighted by Crippen LogP contribution is -2.68. The van der Waals surface area contributed by atoms with Gasteiger partial charge in [-0.1, -0.05) is 6.92 Å². The Bertz CT molecular complexity index is 542. The number of hydrogen-bond donors (Lipinski definition) is 1. The van der Waals surface area contributed by atoms with E-state index >= 15 is 0 Å². The van der Waals surface area contributed by atoms with E-state index in [1.165, 1.54) is 6.92 Å². The van der Waals surface area contributed by atoms with Crippen LogP contribution in [0, 0.1) is 11.3 Å². The van der Waals surface area contributed by atoms with Gasteiger partial charge in [0.15, 0.2) is 0 Å². The van der Waals surface area contributed by atoms with Crippen LogP contribution >= 0.6 is 0 Å². The number of carbonyl (C=O) groups excluding carboxylic acids is 2. The van der Waals surface area contributed by atoms with Gasteiger partial charge in [0.05, 0.1) is 11.0 Å². The molecule has 0 saturated heterocycles. The number of aliphatic hydroxyl groups is 1. The predicted octanol–water partition coefficient (Wildman–Crippen LogP) is 2.74. The Kier molecular flexibility index (Phi) is 3.60. The molecule has 0 heterocycles. The Morgan fingerprint density at radius 1 is 1.09 bits per heavy atom. The lowest BCUT2D eigenvalue weighted by atomic mass is 9.50. The number of hydrogen-bond acceptors (Lipinski definition) is 5. The van der Waals surface area contributed by atoms with Crippen molar-refractivity contribution >= 4 is 11.9 Å². The van der Waals surface area contributed by atoms with E-state index in [2.05, 4.69) is 0 Å². The van der Waals surface area contributed by atoms with Crippen LogP contribution in [-0.4, -0.2) is 33.8 Å². The van der Waals surface area contributed by atoms with E-state index in [4.69, 9.17) is 9.47 Å². The van der Waals surface area contributed by atoms with Crippen LogP contribution in [0.2, 0.25) is 0 Å². The van der Waals surface area contributed by atoms with Gasteiger partial charge in [-0.3, -0.25) is 9.59 Å². The molecule has 4 unspecified atom stereocenters. The summed E-state index contributed by atoms with van der Waals surface area (Å²) in [6.07, 6.45) is 4.40. The molecule has 0 amide bonds. The number of carbonyl (C=O) groups is 2. The molecule has 0 aromatic rings. The van der Waals surface area contributed by atoms with Crippen molar-refractivity contribution in [2.24, 2.45) is 11.3 Å². The van der Waals surface area contributed by atoms with E-state index in [9.17, 15) is 14.7 Å². The van der Waals surface area contributed by atoms with Crippen LogP contribution in [0.1, 0.15) is 72.6 Å². The zero-order valence-corrected chi connectivity index (χ0v) is 14.6. The maximum Gasteiger partial charge on any atom is 0.312 e. The van der Waals surface area contributed by atoms with Gasteiger partial charge in [0.25, 0.3) is 0 Å². The highest BCUT2D eigenvalue weighted by Crippen LogP contribution is 2.62. The highest BCUT2D eigenvalue weighted by Gasteiger charge is 2.66. The van der Waals surface area contributed by atoms with E-state index in [0.29, 0.717) is 32.1 Å². The Hall–Kier alpha value is -1.10. The van der Waals surface area contributed by atoms with E-state index < -0.39 is 22.2 Å². The Morgan fingerprint density at radius 2 is 1.65 bits per heavy atom. The predicted molar refractivity (Wildman–Crippen MR) is 83.5 cm³/mol. The van der Waals surface area contributed by atoms with Gasteiger partial charge >= 0.3 is 11.9 Å². The Morgan fingerprint density at radius 3 is 2.13 bits per heavy atom. The van der Waals surface area contributed by atoms with Crippen molar-refractivity contribution in [3.05, 3.63) is 0 Å². The van der Waals surface area contributed by atoms with Crippen molar-refractivity contribution < 1.29 is 24.2 Å². The molecule has 0 aliphatic heterocycles. The molecule has 130 valence electrons. The highest BCUT2D eigenvalue weighted by molar-refractivity contribution is 5.76. The van der Waals surface area contributed by atoms with Gasteiger partial charge in [-0.05, 0) is 45.4 Å². The van der Waals surface area contributed by atoms with E-state index in [0.717, 1.165) is 12.8 Å². The molecule has 4 saturated carbocycles. The van der Waals surface area contributed by atoms with Crippen LogP contribution in [0.25, 0.3) is 0 Å². The fourth-order valence-corrected chi connectivity index (χ4v) is 5.22. The van der Waals surface area contributed by atoms with Gasteiger partial charge in [-0.15, -0.1) is 0 Å². The zero-order valence-electron chi connectivity index (χ0n) is 14.6. The van der Waals surface area contributed by atoms with Crippen LogP contribution < -0.4 is 0 Å². The molecule has 23 heavy (non-hydrogen) atoms. The fraction of sp³-hybridized carbons (Fsp3) is 0.889. The SMILES string of the molecule is CCC(C)(C)C(=O)OC12CC3CC(O)(CC(OC(C)=O)(C3)C1)C2. The van der Waals surface area contributed by atoms with Crippen LogP contribution in [0.3, 0.4) is 0 Å². The Balaban J connectivity index is 1.88. The molecular formula is C18H28O5. The summed E-state index contributed by atoms with van der Waals surface area (Å²) in [4.78, 5) is 24.2. The first-order valence-electron chi connectivity index (χ1n) is 8.67. The average molecular weight is 324 g/mol. The standard InChI is InChI=1S/C18H28O5/c1-5-15(3,4)14(20)23-18-8-13-6-16(21,10-18)9-17(7-13,11-18)22-12(2)19/h13,21H,5-11H2,1-4H3. The highest BCUT2D eigenvalue weighted by atomic mass is 16.6. The first-order chi connectivity index (χ1) is 10.5. The minimum atomic E-state index is -0.883. The summed E-state index contributed by atoms with van der Waals surface area (Å²) in [7, 11) is 0. The van der Waals surface area contributed by atoms with Crippen LogP contribution in [0.5, 0.6) is 0 Å². The summed E-state index contributed by atoms with van der Waals surface area (Å²) in [6.45, 7) is 7.13. The molecule has 5 nitrogen and oxygen atoms in total. The Labute approximate surface area is 137 Å². The summed E-state index contributed by atoms with van der Waals surface area (Å²) in [5.41, 5.74) is -2.78. The quantitative estimate of drug-likeness (QED) is 0.805. The number of rotatable bonds is 4. The van der Waals surface area contributed by atoms with Crippen LogP contribution in [0.4, 0.5) is 0 Å². The second-order valence-corrected chi connectivity index (χ2v) is 8.82. The van der Waals surface area contributed by atoms with Crippen LogP contribution in [0.15, 0.2) is 0 Å². The molecule has 4 aliphatic carbocycles. The van der Waals surface area contributed by atoms with Gasteiger partial charge < -0.3 is 14.6 Å². The van der Waals surface area contributed by atoms with Gasteiger partial charge in [0.1, 0.15) is 11.2 Å². The maximum absolute atomic E-state index is 12.6. The normalized spacial score (nSPS) is 41.7. The molecule has 1 N–H and O–H groups in total. The van der Waals surface area contributed by atoms with Crippen molar-refractivity contribution in [2.45, 2.75) is 89.4 Å². The van der Waals surface area contributed by atoms with Gasteiger partial charge in [0, 0.05) is 26.2 Å². The van der Waals surface area contributed by atoms with Gasteiger partial charge in [-0.2, -0.15) is 0 Å². The van der Waals surface area contributed by atoms with E-state index in [1.807, 2.05) is 20.8 Å². The van der Waals surface area contributed by atoms with Crippen molar-refractivity contribution in [1.82, 2.24) is 0 Å². The lowest BCUT2D eigenvalue weighted by molar-refractivity contribution is -0.269. The topological polar surface area (TPSA) is 72.8 Å². The summed E-state index contributed by atoms with van der Waals surface area (Å²) in [5, 5.41) is 10.9. The largest absolute Gasteiger partial charge is 0.459 e. The lowest BCUT2D eigenvalue weighted by Gasteiger charge is -2.63. The van der Waals surface area contributed by atoms with Crippen molar-refractivity contribution in [2.75, 3.05) is 0 Å². The summed E-state index contributed by atoms with van der Waals surface area (Å²) >= 11 is 0. The summed E-state index contributed by atoms with van der Waals surface area (Å²) < 4.78 is 11.6. The third-order valence-electron chi connectivity index (χ3n) is 6.04. The first kappa shape index (κ1) is 16.7. The number of esters is 2. The van der Waals surface area contributed by atoms with Gasteiger partial charge in [-0.25, -0.2) is 0 Å². The van der Waals surface area contributed by atoms with E-state index in [-0.39, 0.29) is 17.9 Å². The molecule has 0 aromatic heterocycles. The smallest absolute Gasteiger partial charge is 0.312 e. The second kappa shape index (κ2) is 4.95. The molecule has 0 spiro atoms. The third kappa shape index (κ3) is 2.88. The van der Waals surface area contributed by atoms with Crippen molar-refractivity contribution in [3.8, 4) is 0 Å². The molecule has 0 radical (unpaired) electrons. The summed E-state index contributed by atoms with van der Waals surface area (Å²) in [6, 6.07) is 0. The molecule has 4 bridgehead atoms. The number of ether oxygens (including phenoxy) is 2. The first-order valence-corrected chi connectivity index (χ1v) is 8.67. The van der Waals surface area contributed by atoms with Crippen molar-refractivity contribution in [1.29, 1.82) is 0 Å². The molecular weight excluding hydrogens is 296 g/mol. The third-order valence-corrected chi connectivity index (χ3v) is 6.04. The molecule has 4 atom stereocenters. The molecule has 5 heteroatoms. The zero-order chi connectivity index (χ0) is 17.1. The van der Waals surface area contributed by atoms with Crippen molar-refractivity contribution in [3.63, 3.8) is 0 Å². The molecule has 0 aromatic carbocycles. The van der Waals surface area contributed by atoms with Gasteiger partial charge in [0.2, 0.25) is 0 Å².